The summed E-state index contributed by atoms with van der Waals surface area (Å²) in [5.41, 5.74) is 2.25. The van der Waals surface area contributed by atoms with Gasteiger partial charge in [-0.25, -0.2) is 0 Å². The first-order valence-corrected chi connectivity index (χ1v) is 8.63. The van der Waals surface area contributed by atoms with Crippen LogP contribution in [-0.4, -0.2) is 20.0 Å². The molecule has 0 radical (unpaired) electrons. The molecule has 0 unspecified atom stereocenters. The second-order valence-corrected chi connectivity index (χ2v) is 5.98. The SMILES string of the molecule is C=CCOc1cc2c(cc1[C@H](C)c1ccc(OCCC)cc1)OCO2. The molecule has 132 valence electrons. The number of hydrogen-bond donors (Lipinski definition) is 0. The lowest BCUT2D eigenvalue weighted by Gasteiger charge is -2.18. The first kappa shape index (κ1) is 17.2. The molecule has 1 aliphatic heterocycles. The zero-order valence-electron chi connectivity index (χ0n) is 14.8. The second-order valence-electron chi connectivity index (χ2n) is 5.98. The third-order valence-corrected chi connectivity index (χ3v) is 4.18. The molecule has 1 atom stereocenters. The molecule has 0 spiro atoms. The van der Waals surface area contributed by atoms with Gasteiger partial charge in [-0.05, 0) is 30.2 Å². The predicted octanol–water partition coefficient (Wildman–Crippen LogP) is 4.92. The zero-order chi connectivity index (χ0) is 17.6. The molecule has 25 heavy (non-hydrogen) atoms. The molecule has 0 saturated carbocycles. The normalized spacial score (nSPS) is 13.4. The Morgan fingerprint density at radius 2 is 1.84 bits per heavy atom. The molecule has 2 aromatic rings. The molecular formula is C21H24O4. The summed E-state index contributed by atoms with van der Waals surface area (Å²) in [6, 6.07) is 12.1. The number of rotatable bonds is 8. The van der Waals surface area contributed by atoms with Crippen molar-refractivity contribution in [2.24, 2.45) is 0 Å². The van der Waals surface area contributed by atoms with Crippen molar-refractivity contribution in [3.8, 4) is 23.0 Å². The lowest BCUT2D eigenvalue weighted by molar-refractivity contribution is 0.174. The summed E-state index contributed by atoms with van der Waals surface area (Å²) in [5, 5.41) is 0. The highest BCUT2D eigenvalue weighted by atomic mass is 16.7. The average molecular weight is 340 g/mol. The Bertz CT molecular complexity index is 721. The highest BCUT2D eigenvalue weighted by Gasteiger charge is 2.22. The number of ether oxygens (including phenoxy) is 4. The quantitative estimate of drug-likeness (QED) is 0.639. The maximum Gasteiger partial charge on any atom is 0.231 e. The lowest BCUT2D eigenvalue weighted by Crippen LogP contribution is -2.03. The summed E-state index contributed by atoms with van der Waals surface area (Å²) >= 11 is 0. The zero-order valence-corrected chi connectivity index (χ0v) is 14.8. The molecule has 2 aromatic carbocycles. The van der Waals surface area contributed by atoms with Crippen molar-refractivity contribution in [1.29, 1.82) is 0 Å². The van der Waals surface area contributed by atoms with Gasteiger partial charge in [0, 0.05) is 17.5 Å². The van der Waals surface area contributed by atoms with Crippen LogP contribution in [-0.2, 0) is 0 Å². The van der Waals surface area contributed by atoms with Crippen molar-refractivity contribution in [2.75, 3.05) is 20.0 Å². The fourth-order valence-electron chi connectivity index (χ4n) is 2.80. The molecule has 4 nitrogen and oxygen atoms in total. The number of benzene rings is 2. The van der Waals surface area contributed by atoms with Gasteiger partial charge in [0.05, 0.1) is 6.61 Å². The third kappa shape index (κ3) is 3.90. The van der Waals surface area contributed by atoms with E-state index in [1.54, 1.807) is 6.08 Å². The summed E-state index contributed by atoms with van der Waals surface area (Å²) in [4.78, 5) is 0. The van der Waals surface area contributed by atoms with Crippen molar-refractivity contribution in [3.05, 3.63) is 60.2 Å². The highest BCUT2D eigenvalue weighted by molar-refractivity contribution is 5.54. The standard InChI is InChI=1S/C21H24O4/c1-4-10-22-17-8-6-16(7-9-17)15(3)18-12-20-21(25-14-24-20)13-19(18)23-11-5-2/h5-9,12-13,15H,2,4,10-11,14H2,1,3H3/t15-/m1/s1. The number of hydrogen-bond acceptors (Lipinski definition) is 4. The molecule has 0 aliphatic carbocycles. The van der Waals surface area contributed by atoms with Crippen molar-refractivity contribution in [3.63, 3.8) is 0 Å². The van der Waals surface area contributed by atoms with Crippen molar-refractivity contribution in [2.45, 2.75) is 26.2 Å². The van der Waals surface area contributed by atoms with Gasteiger partial charge >= 0.3 is 0 Å². The van der Waals surface area contributed by atoms with Gasteiger partial charge in [-0.1, -0.05) is 38.6 Å². The van der Waals surface area contributed by atoms with Crippen LogP contribution in [0.15, 0.2) is 49.1 Å². The van der Waals surface area contributed by atoms with Gasteiger partial charge in [-0.15, -0.1) is 0 Å². The van der Waals surface area contributed by atoms with E-state index in [1.165, 1.54) is 5.56 Å². The molecule has 0 amide bonds. The average Bonchev–Trinajstić information content (AvgIpc) is 3.11. The maximum atomic E-state index is 5.85. The highest BCUT2D eigenvalue weighted by Crippen LogP contribution is 2.42. The summed E-state index contributed by atoms with van der Waals surface area (Å²) < 4.78 is 22.5. The van der Waals surface area contributed by atoms with Gasteiger partial charge < -0.3 is 18.9 Å². The van der Waals surface area contributed by atoms with E-state index >= 15 is 0 Å². The van der Waals surface area contributed by atoms with Crippen LogP contribution in [0.2, 0.25) is 0 Å². The van der Waals surface area contributed by atoms with Crippen LogP contribution in [0.5, 0.6) is 23.0 Å². The van der Waals surface area contributed by atoms with Gasteiger partial charge in [0.1, 0.15) is 18.1 Å². The van der Waals surface area contributed by atoms with Gasteiger partial charge in [0.25, 0.3) is 0 Å². The fourth-order valence-corrected chi connectivity index (χ4v) is 2.80. The summed E-state index contributed by atoms with van der Waals surface area (Å²) in [5.74, 6) is 3.32. The Kier molecular flexibility index (Phi) is 5.49. The minimum atomic E-state index is 0.148. The first-order chi connectivity index (χ1) is 12.2. The minimum Gasteiger partial charge on any atom is -0.494 e. The fraction of sp³-hybridized carbons (Fsp3) is 0.333. The van der Waals surface area contributed by atoms with Crippen molar-refractivity contribution >= 4 is 0 Å². The van der Waals surface area contributed by atoms with Gasteiger partial charge in [0.2, 0.25) is 6.79 Å². The Balaban J connectivity index is 1.87. The van der Waals surface area contributed by atoms with E-state index in [0.717, 1.165) is 41.6 Å². The van der Waals surface area contributed by atoms with E-state index < -0.39 is 0 Å². The molecule has 4 heteroatoms. The molecule has 0 bridgehead atoms. The largest absolute Gasteiger partial charge is 0.494 e. The van der Waals surface area contributed by atoms with Gasteiger partial charge in [0.15, 0.2) is 11.5 Å². The molecule has 0 aromatic heterocycles. The maximum absolute atomic E-state index is 5.85. The summed E-state index contributed by atoms with van der Waals surface area (Å²) in [6.07, 6.45) is 2.73. The predicted molar refractivity (Wildman–Crippen MR) is 98.0 cm³/mol. The molecule has 1 aliphatic rings. The van der Waals surface area contributed by atoms with E-state index in [9.17, 15) is 0 Å². The lowest BCUT2D eigenvalue weighted by atomic mass is 9.92. The van der Waals surface area contributed by atoms with E-state index in [1.807, 2.05) is 24.3 Å². The van der Waals surface area contributed by atoms with Crippen LogP contribution in [0.4, 0.5) is 0 Å². The summed E-state index contributed by atoms with van der Waals surface area (Å²) in [6.45, 7) is 9.40. The Morgan fingerprint density at radius 3 is 2.52 bits per heavy atom. The van der Waals surface area contributed by atoms with Crippen molar-refractivity contribution in [1.82, 2.24) is 0 Å². The molecule has 3 rings (SSSR count). The molecule has 0 fully saturated rings. The van der Waals surface area contributed by atoms with Crippen LogP contribution in [0, 0.1) is 0 Å². The molecule has 0 saturated heterocycles. The van der Waals surface area contributed by atoms with Gasteiger partial charge in [-0.3, -0.25) is 0 Å². The van der Waals surface area contributed by atoms with Crippen molar-refractivity contribution < 1.29 is 18.9 Å². The smallest absolute Gasteiger partial charge is 0.231 e. The minimum absolute atomic E-state index is 0.148. The van der Waals surface area contributed by atoms with E-state index in [-0.39, 0.29) is 12.7 Å². The van der Waals surface area contributed by atoms with Crippen LogP contribution >= 0.6 is 0 Å². The second kappa shape index (κ2) is 7.97. The van der Waals surface area contributed by atoms with Crippen LogP contribution < -0.4 is 18.9 Å². The summed E-state index contributed by atoms with van der Waals surface area (Å²) in [7, 11) is 0. The topological polar surface area (TPSA) is 36.9 Å². The van der Waals surface area contributed by atoms with Crippen LogP contribution in [0.1, 0.15) is 37.3 Å². The van der Waals surface area contributed by atoms with Crippen LogP contribution in [0.3, 0.4) is 0 Å². The number of fused-ring (bicyclic) bond motifs is 1. The Labute approximate surface area is 149 Å². The monoisotopic (exact) mass is 340 g/mol. The molecular weight excluding hydrogens is 316 g/mol. The first-order valence-electron chi connectivity index (χ1n) is 8.63. The van der Waals surface area contributed by atoms with E-state index in [2.05, 4.69) is 32.6 Å². The molecule has 1 heterocycles. The third-order valence-electron chi connectivity index (χ3n) is 4.18. The van der Waals surface area contributed by atoms with Gasteiger partial charge in [-0.2, -0.15) is 0 Å². The van der Waals surface area contributed by atoms with E-state index in [0.29, 0.717) is 6.61 Å². The Morgan fingerprint density at radius 1 is 1.12 bits per heavy atom. The molecule has 0 N–H and O–H groups in total. The van der Waals surface area contributed by atoms with Crippen LogP contribution in [0.25, 0.3) is 0 Å². The Hall–Kier alpha value is -2.62. The van der Waals surface area contributed by atoms with E-state index in [4.69, 9.17) is 18.9 Å².